The highest BCUT2D eigenvalue weighted by Crippen LogP contribution is 2.34. The molecule has 2 aliphatic rings. The van der Waals surface area contributed by atoms with Crippen LogP contribution in [0.5, 0.6) is 0 Å². The largest absolute Gasteiger partial charge is 0.354 e. The van der Waals surface area contributed by atoms with Crippen molar-refractivity contribution in [3.05, 3.63) is 63.9 Å². The maximum atomic E-state index is 14.1. The van der Waals surface area contributed by atoms with Crippen LogP contribution in [0.3, 0.4) is 0 Å². The molecule has 3 aromatic heterocycles. The van der Waals surface area contributed by atoms with Crippen molar-refractivity contribution < 1.29 is 0 Å². The first-order chi connectivity index (χ1) is 18.0. The molecular weight excluding hydrogens is 486 g/mol. The molecule has 0 atom stereocenters. The first kappa shape index (κ1) is 24.0. The number of rotatable bonds is 6. The standard InChI is InChI=1S/C28H30ClN7O/c1-16-12-31-15-25(34-16)18-4-9-22(24(29)11-18)23-10-19-14-33-28(32-13-17-2-3-17)35-26(19)36(27(23)37)21-7-5-20(30)6-8-21/h4,9-12,14-15,17,20-21H,2-3,5-8,13,30H2,1H3,(H,32,33,35)/t20-,21-. The van der Waals surface area contributed by atoms with Gasteiger partial charge in [0.1, 0.15) is 5.65 Å². The molecule has 2 saturated carbocycles. The first-order valence-electron chi connectivity index (χ1n) is 13.0. The van der Waals surface area contributed by atoms with E-state index >= 15 is 0 Å². The molecule has 37 heavy (non-hydrogen) atoms. The van der Waals surface area contributed by atoms with Crippen molar-refractivity contribution in [2.24, 2.45) is 11.7 Å². The summed E-state index contributed by atoms with van der Waals surface area (Å²) in [7, 11) is 0. The molecule has 8 nitrogen and oxygen atoms in total. The molecule has 0 spiro atoms. The van der Waals surface area contributed by atoms with Gasteiger partial charge in [0.2, 0.25) is 5.95 Å². The fourth-order valence-corrected chi connectivity index (χ4v) is 5.43. The zero-order valence-corrected chi connectivity index (χ0v) is 21.6. The summed E-state index contributed by atoms with van der Waals surface area (Å²) in [6.07, 6.45) is 11.2. The summed E-state index contributed by atoms with van der Waals surface area (Å²) in [6, 6.07) is 7.73. The zero-order valence-electron chi connectivity index (χ0n) is 20.8. The Morgan fingerprint density at radius 3 is 2.57 bits per heavy atom. The summed E-state index contributed by atoms with van der Waals surface area (Å²) in [5, 5.41) is 4.64. The predicted octanol–water partition coefficient (Wildman–Crippen LogP) is 5.14. The summed E-state index contributed by atoms with van der Waals surface area (Å²) >= 11 is 6.78. The van der Waals surface area contributed by atoms with Crippen molar-refractivity contribution in [1.29, 1.82) is 0 Å². The van der Waals surface area contributed by atoms with Gasteiger partial charge >= 0.3 is 0 Å². The SMILES string of the molecule is Cc1cncc(-c2ccc(-c3cc4cnc(NCC5CC5)nc4n([C@H]4CC[C@H](N)CC4)c3=O)c(Cl)c2)n1. The molecule has 6 rings (SSSR count). The van der Waals surface area contributed by atoms with Gasteiger partial charge < -0.3 is 11.1 Å². The number of nitrogens with one attached hydrogen (secondary N) is 1. The van der Waals surface area contributed by atoms with Gasteiger partial charge in [0.25, 0.3) is 5.56 Å². The number of nitrogens with zero attached hydrogens (tertiary/aromatic N) is 5. The van der Waals surface area contributed by atoms with Crippen molar-refractivity contribution in [3.8, 4) is 22.4 Å². The lowest BCUT2D eigenvalue weighted by Crippen LogP contribution is -2.33. The third-order valence-electron chi connectivity index (χ3n) is 7.44. The van der Waals surface area contributed by atoms with Crippen LogP contribution in [0.15, 0.2) is 47.7 Å². The van der Waals surface area contributed by atoms with Crippen LogP contribution in [0.4, 0.5) is 5.95 Å². The molecule has 0 unspecified atom stereocenters. The lowest BCUT2D eigenvalue weighted by atomic mass is 9.91. The van der Waals surface area contributed by atoms with E-state index in [0.717, 1.165) is 54.6 Å². The molecule has 4 aromatic rings. The van der Waals surface area contributed by atoms with E-state index in [4.69, 9.17) is 22.3 Å². The second kappa shape index (κ2) is 9.84. The Kier molecular flexibility index (Phi) is 6.38. The number of aryl methyl sites for hydroxylation is 1. The van der Waals surface area contributed by atoms with Gasteiger partial charge in [-0.3, -0.25) is 14.3 Å². The average molecular weight is 516 g/mol. The van der Waals surface area contributed by atoms with Gasteiger partial charge in [-0.15, -0.1) is 0 Å². The first-order valence-corrected chi connectivity index (χ1v) is 13.3. The third kappa shape index (κ3) is 4.95. The Bertz CT molecular complexity index is 1520. The highest BCUT2D eigenvalue weighted by atomic mass is 35.5. The third-order valence-corrected chi connectivity index (χ3v) is 7.75. The lowest BCUT2D eigenvalue weighted by Gasteiger charge is -2.29. The summed E-state index contributed by atoms with van der Waals surface area (Å²) in [5.74, 6) is 1.26. The molecule has 3 heterocycles. The fraction of sp³-hybridized carbons (Fsp3) is 0.393. The average Bonchev–Trinajstić information content (AvgIpc) is 3.73. The number of nitrogens with two attached hydrogens (primary N) is 1. The van der Waals surface area contributed by atoms with Crippen LogP contribution in [0.2, 0.25) is 5.02 Å². The van der Waals surface area contributed by atoms with Crippen LogP contribution >= 0.6 is 11.6 Å². The molecule has 190 valence electrons. The van der Waals surface area contributed by atoms with Crippen LogP contribution in [0.1, 0.15) is 50.3 Å². The molecule has 0 saturated heterocycles. The maximum absolute atomic E-state index is 14.1. The minimum Gasteiger partial charge on any atom is -0.354 e. The Morgan fingerprint density at radius 2 is 1.84 bits per heavy atom. The van der Waals surface area contributed by atoms with E-state index in [1.807, 2.05) is 35.8 Å². The Labute approximate surface area is 220 Å². The predicted molar refractivity (Wildman–Crippen MR) is 147 cm³/mol. The van der Waals surface area contributed by atoms with Crippen LogP contribution < -0.4 is 16.6 Å². The molecule has 2 aliphatic carbocycles. The van der Waals surface area contributed by atoms with Gasteiger partial charge in [0.05, 0.1) is 17.6 Å². The Hall–Kier alpha value is -3.36. The fourth-order valence-electron chi connectivity index (χ4n) is 5.15. The van der Waals surface area contributed by atoms with E-state index in [1.54, 1.807) is 18.6 Å². The number of pyridine rings is 1. The van der Waals surface area contributed by atoms with E-state index in [9.17, 15) is 4.79 Å². The quantitative estimate of drug-likeness (QED) is 0.365. The molecule has 0 radical (unpaired) electrons. The summed E-state index contributed by atoms with van der Waals surface area (Å²) in [6.45, 7) is 2.76. The van der Waals surface area contributed by atoms with Crippen LogP contribution in [-0.4, -0.2) is 37.1 Å². The number of hydrogen-bond acceptors (Lipinski definition) is 7. The smallest absolute Gasteiger partial charge is 0.260 e. The number of hydrogen-bond donors (Lipinski definition) is 2. The summed E-state index contributed by atoms with van der Waals surface area (Å²) in [5.41, 5.74) is 10.4. The Morgan fingerprint density at radius 1 is 1.03 bits per heavy atom. The Balaban J connectivity index is 1.45. The lowest BCUT2D eigenvalue weighted by molar-refractivity contribution is 0.324. The highest BCUT2D eigenvalue weighted by Gasteiger charge is 2.26. The molecule has 9 heteroatoms. The number of halogens is 1. The minimum atomic E-state index is -0.0928. The topological polar surface area (TPSA) is 112 Å². The second-order valence-corrected chi connectivity index (χ2v) is 10.7. The van der Waals surface area contributed by atoms with E-state index in [1.165, 1.54) is 12.8 Å². The van der Waals surface area contributed by atoms with Gasteiger partial charge in [0.15, 0.2) is 0 Å². The van der Waals surface area contributed by atoms with Crippen molar-refractivity contribution in [1.82, 2.24) is 24.5 Å². The van der Waals surface area contributed by atoms with Crippen LogP contribution in [0.25, 0.3) is 33.4 Å². The van der Waals surface area contributed by atoms with Crippen molar-refractivity contribution >= 4 is 28.6 Å². The number of benzene rings is 1. The van der Waals surface area contributed by atoms with E-state index in [2.05, 4.69) is 20.3 Å². The van der Waals surface area contributed by atoms with E-state index in [-0.39, 0.29) is 17.6 Å². The van der Waals surface area contributed by atoms with Gasteiger partial charge in [0, 0.05) is 58.1 Å². The van der Waals surface area contributed by atoms with Crippen molar-refractivity contribution in [3.63, 3.8) is 0 Å². The van der Waals surface area contributed by atoms with E-state index in [0.29, 0.717) is 33.7 Å². The zero-order chi connectivity index (χ0) is 25.5. The summed E-state index contributed by atoms with van der Waals surface area (Å²) in [4.78, 5) is 32.2. The highest BCUT2D eigenvalue weighted by molar-refractivity contribution is 6.33. The van der Waals surface area contributed by atoms with Crippen LogP contribution in [-0.2, 0) is 0 Å². The molecule has 3 N–H and O–H groups in total. The monoisotopic (exact) mass is 515 g/mol. The van der Waals surface area contributed by atoms with Gasteiger partial charge in [-0.2, -0.15) is 4.98 Å². The van der Waals surface area contributed by atoms with Crippen molar-refractivity contribution in [2.45, 2.75) is 57.5 Å². The molecule has 0 amide bonds. The number of anilines is 1. The number of aromatic nitrogens is 5. The summed E-state index contributed by atoms with van der Waals surface area (Å²) < 4.78 is 1.86. The molecule has 0 aliphatic heterocycles. The van der Waals surface area contributed by atoms with Gasteiger partial charge in [-0.25, -0.2) is 9.97 Å². The number of fused-ring (bicyclic) bond motifs is 1. The van der Waals surface area contributed by atoms with Gasteiger partial charge in [-0.1, -0.05) is 23.7 Å². The molecule has 0 bridgehead atoms. The normalized spacial score (nSPS) is 19.8. The van der Waals surface area contributed by atoms with Crippen molar-refractivity contribution in [2.75, 3.05) is 11.9 Å². The second-order valence-electron chi connectivity index (χ2n) is 10.3. The van der Waals surface area contributed by atoms with Gasteiger partial charge in [-0.05, 0) is 63.5 Å². The van der Waals surface area contributed by atoms with E-state index < -0.39 is 0 Å². The minimum absolute atomic E-state index is 0.0292. The maximum Gasteiger partial charge on any atom is 0.260 e. The molecular formula is C28H30ClN7O. The van der Waals surface area contributed by atoms with Crippen LogP contribution in [0, 0.1) is 12.8 Å². The molecule has 2 fully saturated rings. The molecule has 1 aromatic carbocycles.